The van der Waals surface area contributed by atoms with Crippen LogP contribution < -0.4 is 5.73 Å². The highest BCUT2D eigenvalue weighted by Crippen LogP contribution is 1.85. The minimum atomic E-state index is -0.681. The van der Waals surface area contributed by atoms with Gasteiger partial charge in [-0.3, -0.25) is 0 Å². The summed E-state index contributed by atoms with van der Waals surface area (Å²) >= 11 is 0. The van der Waals surface area contributed by atoms with Crippen molar-refractivity contribution in [3.05, 3.63) is 12.3 Å². The van der Waals surface area contributed by atoms with Crippen molar-refractivity contribution in [3.63, 3.8) is 0 Å². The number of hydrogen-bond acceptors (Lipinski definition) is 3. The first-order chi connectivity index (χ1) is 3.18. The fraction of sp³-hybridized carbons (Fsp3) is 0.500. The lowest BCUT2D eigenvalue weighted by Gasteiger charge is -2.02. The zero-order valence-electron chi connectivity index (χ0n) is 3.96. The third kappa shape index (κ3) is 2.19. The van der Waals surface area contributed by atoms with Crippen molar-refractivity contribution in [2.24, 2.45) is 5.73 Å². The van der Waals surface area contributed by atoms with Gasteiger partial charge < -0.3 is 15.9 Å². The predicted molar refractivity (Wildman–Crippen MR) is 26.8 cm³/mol. The molecule has 0 fully saturated rings. The van der Waals surface area contributed by atoms with Crippen LogP contribution in [0.1, 0.15) is 0 Å². The lowest BCUT2D eigenvalue weighted by atomic mass is 10.3. The molecule has 0 saturated heterocycles. The topological polar surface area (TPSA) is 66.5 Å². The van der Waals surface area contributed by atoms with Gasteiger partial charge in [0.15, 0.2) is 0 Å². The molecule has 0 aromatic rings. The second kappa shape index (κ2) is 2.60. The van der Waals surface area contributed by atoms with Crippen molar-refractivity contribution in [1.29, 1.82) is 0 Å². The number of hydrogen-bond donors (Lipinski definition) is 3. The van der Waals surface area contributed by atoms with Gasteiger partial charge in [-0.05, 0) is 0 Å². The van der Waals surface area contributed by atoms with Gasteiger partial charge in [0.2, 0.25) is 0 Å². The highest BCUT2D eigenvalue weighted by Gasteiger charge is 1.99. The Balaban J connectivity index is 3.34. The van der Waals surface area contributed by atoms with Gasteiger partial charge in [0.25, 0.3) is 0 Å². The molecule has 0 spiro atoms. The molecule has 42 valence electrons. The monoisotopic (exact) mass is 103 g/mol. The molecule has 0 heterocycles. The highest BCUT2D eigenvalue weighted by molar-refractivity contribution is 4.91. The average Bonchev–Trinajstić information content (AvgIpc) is 1.65. The molecule has 3 nitrogen and oxygen atoms in total. The van der Waals surface area contributed by atoms with Crippen LogP contribution in [0.2, 0.25) is 0 Å². The van der Waals surface area contributed by atoms with Crippen LogP contribution in [0, 0.1) is 0 Å². The van der Waals surface area contributed by atoms with E-state index in [2.05, 4.69) is 6.58 Å². The summed E-state index contributed by atoms with van der Waals surface area (Å²) in [6.45, 7) is 2.84. The van der Waals surface area contributed by atoms with Crippen LogP contribution >= 0.6 is 0 Å². The zero-order chi connectivity index (χ0) is 5.86. The molecule has 0 aliphatic carbocycles. The summed E-state index contributed by atoms with van der Waals surface area (Å²) in [6.07, 6.45) is 0. The van der Waals surface area contributed by atoms with Crippen LogP contribution in [-0.2, 0) is 0 Å². The first kappa shape index (κ1) is 6.46. The van der Waals surface area contributed by atoms with E-state index >= 15 is 0 Å². The van der Waals surface area contributed by atoms with E-state index in [4.69, 9.17) is 15.9 Å². The van der Waals surface area contributed by atoms with Crippen molar-refractivity contribution in [2.45, 2.75) is 6.04 Å². The third-order valence-corrected chi connectivity index (χ3v) is 0.625. The molecular formula is C4H9NO2. The van der Waals surface area contributed by atoms with Crippen molar-refractivity contribution in [2.75, 3.05) is 6.61 Å². The lowest BCUT2D eigenvalue weighted by molar-refractivity contribution is 0.244. The number of rotatable bonds is 2. The minimum absolute atomic E-state index is 0.178. The average molecular weight is 103 g/mol. The molecule has 7 heavy (non-hydrogen) atoms. The maximum atomic E-state index is 8.34. The van der Waals surface area contributed by atoms with Gasteiger partial charge in [-0.1, -0.05) is 6.58 Å². The zero-order valence-corrected chi connectivity index (χ0v) is 3.96. The van der Waals surface area contributed by atoms with Crippen LogP contribution in [0.3, 0.4) is 0 Å². The second-order valence-electron chi connectivity index (χ2n) is 1.28. The van der Waals surface area contributed by atoms with Gasteiger partial charge >= 0.3 is 0 Å². The second-order valence-corrected chi connectivity index (χ2v) is 1.28. The molecule has 0 radical (unpaired) electrons. The van der Waals surface area contributed by atoms with E-state index in [0.29, 0.717) is 0 Å². The Morgan fingerprint density at radius 3 is 2.29 bits per heavy atom. The smallest absolute Gasteiger partial charge is 0.104 e. The Labute approximate surface area is 42.1 Å². The van der Waals surface area contributed by atoms with Crippen LogP contribution in [-0.4, -0.2) is 22.9 Å². The molecule has 0 unspecified atom stereocenters. The maximum absolute atomic E-state index is 8.34. The van der Waals surface area contributed by atoms with Gasteiger partial charge in [-0.2, -0.15) is 0 Å². The minimum Gasteiger partial charge on any atom is -0.511 e. The molecule has 0 aromatic heterocycles. The Morgan fingerprint density at radius 2 is 2.29 bits per heavy atom. The van der Waals surface area contributed by atoms with E-state index in [9.17, 15) is 0 Å². The van der Waals surface area contributed by atoms with Crippen LogP contribution in [0.5, 0.6) is 0 Å². The van der Waals surface area contributed by atoms with E-state index in [-0.39, 0.29) is 12.4 Å². The van der Waals surface area contributed by atoms with Crippen LogP contribution in [0.25, 0.3) is 0 Å². The molecule has 0 aliphatic heterocycles. The van der Waals surface area contributed by atoms with Crippen LogP contribution in [0.15, 0.2) is 12.3 Å². The van der Waals surface area contributed by atoms with Gasteiger partial charge in [0, 0.05) is 0 Å². The van der Waals surface area contributed by atoms with E-state index in [1.807, 2.05) is 0 Å². The Kier molecular flexibility index (Phi) is 2.40. The number of aliphatic hydroxyl groups is 2. The Hall–Kier alpha value is -0.540. The molecule has 3 heteroatoms. The first-order valence-corrected chi connectivity index (χ1v) is 1.92. The Morgan fingerprint density at radius 1 is 1.86 bits per heavy atom. The third-order valence-electron chi connectivity index (χ3n) is 0.625. The summed E-state index contributed by atoms with van der Waals surface area (Å²) in [7, 11) is 0. The van der Waals surface area contributed by atoms with Gasteiger partial charge in [-0.15, -0.1) is 0 Å². The molecule has 1 atom stereocenters. The maximum Gasteiger partial charge on any atom is 0.104 e. The predicted octanol–water partition coefficient (Wildman–Crippen LogP) is -0.622. The normalized spacial score (nSPS) is 13.4. The van der Waals surface area contributed by atoms with Gasteiger partial charge in [-0.25, -0.2) is 0 Å². The molecule has 4 N–H and O–H groups in total. The fourth-order valence-corrected chi connectivity index (χ4v) is 0.105. The molecule has 0 amide bonds. The largest absolute Gasteiger partial charge is 0.511 e. The summed E-state index contributed by atoms with van der Waals surface area (Å²) in [5, 5.41) is 16.5. The molecule has 0 aromatic carbocycles. The lowest BCUT2D eigenvalue weighted by Crippen LogP contribution is -2.25. The van der Waals surface area contributed by atoms with E-state index in [1.165, 1.54) is 0 Å². The molecule has 0 rings (SSSR count). The van der Waals surface area contributed by atoms with Crippen molar-refractivity contribution >= 4 is 0 Å². The van der Waals surface area contributed by atoms with Crippen molar-refractivity contribution < 1.29 is 10.2 Å². The van der Waals surface area contributed by atoms with Crippen molar-refractivity contribution in [3.8, 4) is 0 Å². The SMILES string of the molecule is C=C(O)[C@@H](N)CO. The standard InChI is InChI=1S/C4H9NO2/c1-3(7)4(5)2-6/h4,6-7H,1-2,5H2/t4-/m0/s1. The summed E-state index contributed by atoms with van der Waals surface area (Å²) < 4.78 is 0. The quantitative estimate of drug-likeness (QED) is 0.408. The molecule has 0 saturated carbocycles. The van der Waals surface area contributed by atoms with Gasteiger partial charge in [0.1, 0.15) is 5.76 Å². The fourth-order valence-electron chi connectivity index (χ4n) is 0.105. The molecule has 0 bridgehead atoms. The van der Waals surface area contributed by atoms with Crippen molar-refractivity contribution in [1.82, 2.24) is 0 Å². The highest BCUT2D eigenvalue weighted by atomic mass is 16.3. The van der Waals surface area contributed by atoms with E-state index in [1.54, 1.807) is 0 Å². The first-order valence-electron chi connectivity index (χ1n) is 1.92. The molecular weight excluding hydrogens is 94.0 g/mol. The van der Waals surface area contributed by atoms with Crippen LogP contribution in [0.4, 0.5) is 0 Å². The summed E-state index contributed by atoms with van der Waals surface area (Å²) in [6, 6.07) is -0.681. The van der Waals surface area contributed by atoms with E-state index in [0.717, 1.165) is 0 Å². The van der Waals surface area contributed by atoms with Gasteiger partial charge in [0.05, 0.1) is 12.6 Å². The summed E-state index contributed by atoms with van der Waals surface area (Å²) in [5.41, 5.74) is 5.02. The number of aliphatic hydroxyl groups excluding tert-OH is 2. The summed E-state index contributed by atoms with van der Waals surface area (Å²) in [5.74, 6) is -0.178. The Bertz CT molecular complexity index is 72.1. The van der Waals surface area contributed by atoms with E-state index < -0.39 is 6.04 Å². The summed E-state index contributed by atoms with van der Waals surface area (Å²) in [4.78, 5) is 0. The number of nitrogens with two attached hydrogens (primary N) is 1. The molecule has 0 aliphatic rings.